The van der Waals surface area contributed by atoms with Gasteiger partial charge in [0.05, 0.1) is 5.75 Å². The van der Waals surface area contributed by atoms with Crippen molar-refractivity contribution < 1.29 is 35.2 Å². The minimum Gasteiger partial charge on any atom is -0.406 e. The van der Waals surface area contributed by atoms with Gasteiger partial charge in [-0.3, -0.25) is 0 Å². The van der Waals surface area contributed by atoms with Crippen LogP contribution in [0, 0.1) is 5.82 Å². The van der Waals surface area contributed by atoms with Gasteiger partial charge in [-0.25, -0.2) is 12.8 Å². The first kappa shape index (κ1) is 19.8. The molecule has 0 aliphatic heterocycles. The van der Waals surface area contributed by atoms with Crippen molar-refractivity contribution in [2.24, 2.45) is 0 Å². The number of hydrogen-bond donors (Lipinski definition) is 0. The minimum absolute atomic E-state index is 0.0504. The van der Waals surface area contributed by atoms with Crippen molar-refractivity contribution in [1.82, 2.24) is 10.1 Å². The molecule has 0 aliphatic rings. The van der Waals surface area contributed by atoms with E-state index in [1.54, 1.807) is 0 Å². The molecule has 0 spiro atoms. The van der Waals surface area contributed by atoms with Crippen LogP contribution in [-0.2, 0) is 21.3 Å². The number of alkyl halides is 3. The lowest BCUT2D eigenvalue weighted by atomic mass is 10.2. The predicted molar refractivity (Wildman–Crippen MR) is 89.1 cm³/mol. The zero-order valence-corrected chi connectivity index (χ0v) is 14.8. The van der Waals surface area contributed by atoms with Crippen molar-refractivity contribution in [2.45, 2.75) is 17.9 Å². The van der Waals surface area contributed by atoms with E-state index >= 15 is 0 Å². The second-order valence-electron chi connectivity index (χ2n) is 5.75. The van der Waals surface area contributed by atoms with Gasteiger partial charge >= 0.3 is 6.36 Å². The fraction of sp³-hybridized carbons (Fsp3) is 0.176. The number of halogens is 4. The molecule has 0 radical (unpaired) electrons. The molecule has 0 amide bonds. The number of nitrogens with zero attached hydrogens (tertiary/aromatic N) is 2. The molecule has 1 aromatic heterocycles. The molecule has 0 fully saturated rings. The highest BCUT2D eigenvalue weighted by atomic mass is 32.2. The van der Waals surface area contributed by atoms with Crippen LogP contribution in [0.4, 0.5) is 17.6 Å². The molecular formula is C17H12F4N2O4S. The van der Waals surface area contributed by atoms with Gasteiger partial charge in [-0.05, 0) is 42.0 Å². The third kappa shape index (κ3) is 5.52. The molecule has 1 heterocycles. The summed E-state index contributed by atoms with van der Waals surface area (Å²) < 4.78 is 82.6. The quantitative estimate of drug-likeness (QED) is 0.567. The van der Waals surface area contributed by atoms with Crippen LogP contribution in [0.25, 0.3) is 11.5 Å². The van der Waals surface area contributed by atoms with Crippen LogP contribution in [0.15, 0.2) is 53.1 Å². The highest BCUT2D eigenvalue weighted by molar-refractivity contribution is 7.89. The van der Waals surface area contributed by atoms with Crippen molar-refractivity contribution >= 4 is 9.84 Å². The van der Waals surface area contributed by atoms with E-state index in [0.717, 1.165) is 24.3 Å². The lowest BCUT2D eigenvalue weighted by Gasteiger charge is -2.08. The molecule has 11 heteroatoms. The van der Waals surface area contributed by atoms with E-state index in [2.05, 4.69) is 14.9 Å². The fourth-order valence-corrected chi connectivity index (χ4v) is 3.62. The molecule has 0 saturated carbocycles. The normalized spacial score (nSPS) is 12.1. The molecule has 0 atom stereocenters. The first-order valence-electron chi connectivity index (χ1n) is 7.73. The van der Waals surface area contributed by atoms with E-state index in [0.29, 0.717) is 11.1 Å². The Balaban J connectivity index is 1.68. The summed E-state index contributed by atoms with van der Waals surface area (Å²) in [5.74, 6) is -1.89. The van der Waals surface area contributed by atoms with Crippen LogP contribution in [0.2, 0.25) is 0 Å². The minimum atomic E-state index is -4.81. The topological polar surface area (TPSA) is 82.3 Å². The van der Waals surface area contributed by atoms with Gasteiger partial charge in [0.25, 0.3) is 5.89 Å². The van der Waals surface area contributed by atoms with E-state index < -0.39 is 33.5 Å². The fourth-order valence-electron chi connectivity index (χ4n) is 2.31. The average Bonchev–Trinajstić information content (AvgIpc) is 3.03. The number of benzene rings is 2. The number of aromatic nitrogens is 2. The van der Waals surface area contributed by atoms with Gasteiger partial charge in [0.1, 0.15) is 17.3 Å². The molecule has 0 N–H and O–H groups in total. The Morgan fingerprint density at radius 2 is 1.61 bits per heavy atom. The van der Waals surface area contributed by atoms with Crippen LogP contribution in [0.5, 0.6) is 5.75 Å². The van der Waals surface area contributed by atoms with E-state index in [9.17, 15) is 26.0 Å². The Labute approximate surface area is 156 Å². The first-order chi connectivity index (χ1) is 13.1. The summed E-state index contributed by atoms with van der Waals surface area (Å²) in [5, 5.41) is 3.58. The van der Waals surface area contributed by atoms with Crippen LogP contribution in [-0.4, -0.2) is 24.9 Å². The molecule has 148 valence electrons. The van der Waals surface area contributed by atoms with Crippen molar-refractivity contribution in [3.8, 4) is 17.2 Å². The second-order valence-corrected chi connectivity index (χ2v) is 7.81. The summed E-state index contributed by atoms with van der Waals surface area (Å²) in [6.07, 6.45) is -4.81. The maximum atomic E-state index is 12.9. The van der Waals surface area contributed by atoms with Crippen molar-refractivity contribution in [3.63, 3.8) is 0 Å². The van der Waals surface area contributed by atoms with Crippen molar-refractivity contribution in [2.75, 3.05) is 0 Å². The van der Waals surface area contributed by atoms with Crippen LogP contribution < -0.4 is 4.74 Å². The molecule has 3 rings (SSSR count). The van der Waals surface area contributed by atoms with Gasteiger partial charge in [-0.2, -0.15) is 4.98 Å². The largest absolute Gasteiger partial charge is 0.573 e. The molecular weight excluding hydrogens is 404 g/mol. The van der Waals surface area contributed by atoms with Crippen LogP contribution >= 0.6 is 0 Å². The maximum absolute atomic E-state index is 12.9. The smallest absolute Gasteiger partial charge is 0.406 e. The number of sulfone groups is 1. The zero-order chi connectivity index (χ0) is 20.4. The molecule has 0 bridgehead atoms. The third-order valence-corrected chi connectivity index (χ3v) is 4.92. The Kier molecular flexibility index (Phi) is 5.36. The van der Waals surface area contributed by atoms with Crippen molar-refractivity contribution in [1.29, 1.82) is 0 Å². The van der Waals surface area contributed by atoms with Gasteiger partial charge in [0, 0.05) is 5.56 Å². The number of ether oxygens (including phenoxy) is 1. The summed E-state index contributed by atoms with van der Waals surface area (Å²) in [7, 11) is -3.65. The molecule has 0 unspecified atom stereocenters. The summed E-state index contributed by atoms with van der Waals surface area (Å²) >= 11 is 0. The van der Waals surface area contributed by atoms with Crippen LogP contribution in [0.3, 0.4) is 0 Å². The zero-order valence-electron chi connectivity index (χ0n) is 14.0. The lowest BCUT2D eigenvalue weighted by Crippen LogP contribution is -2.16. The molecule has 0 saturated heterocycles. The molecule has 28 heavy (non-hydrogen) atoms. The highest BCUT2D eigenvalue weighted by Gasteiger charge is 2.31. The van der Waals surface area contributed by atoms with Gasteiger partial charge in [-0.1, -0.05) is 17.3 Å². The predicted octanol–water partition coefficient (Wildman–Crippen LogP) is 3.89. The van der Waals surface area contributed by atoms with Gasteiger partial charge in [0.2, 0.25) is 0 Å². The monoisotopic (exact) mass is 416 g/mol. The number of hydrogen-bond acceptors (Lipinski definition) is 6. The maximum Gasteiger partial charge on any atom is 0.573 e. The Hall–Kier alpha value is -2.95. The van der Waals surface area contributed by atoms with E-state index in [1.165, 1.54) is 24.3 Å². The standard InChI is InChI=1S/C17H12F4N2O4S/c18-13-5-1-11(2-6-13)9-28(24,25)10-15-22-16(27-23-15)12-3-7-14(8-4-12)26-17(19,20)21/h1-8H,9-10H2. The highest BCUT2D eigenvalue weighted by Crippen LogP contribution is 2.26. The second kappa shape index (κ2) is 7.58. The summed E-state index contributed by atoms with van der Waals surface area (Å²) in [6, 6.07) is 9.71. The third-order valence-electron chi connectivity index (χ3n) is 3.45. The van der Waals surface area contributed by atoms with E-state index in [-0.39, 0.29) is 17.5 Å². The summed E-state index contributed by atoms with van der Waals surface area (Å²) in [6.45, 7) is 0. The van der Waals surface area contributed by atoms with Crippen molar-refractivity contribution in [3.05, 3.63) is 65.7 Å². The van der Waals surface area contributed by atoms with E-state index in [1.807, 2.05) is 0 Å². The molecule has 6 nitrogen and oxygen atoms in total. The summed E-state index contributed by atoms with van der Waals surface area (Å²) in [5.41, 5.74) is 0.703. The molecule has 3 aromatic rings. The van der Waals surface area contributed by atoms with Gasteiger partial charge in [0.15, 0.2) is 15.7 Å². The lowest BCUT2D eigenvalue weighted by molar-refractivity contribution is -0.274. The SMILES string of the molecule is O=S(=O)(Cc1ccc(F)cc1)Cc1noc(-c2ccc(OC(F)(F)F)cc2)n1. The molecule has 0 aliphatic carbocycles. The van der Waals surface area contributed by atoms with Crippen LogP contribution in [0.1, 0.15) is 11.4 Å². The Morgan fingerprint density at radius 3 is 2.21 bits per heavy atom. The van der Waals surface area contributed by atoms with Gasteiger partial charge in [-0.15, -0.1) is 13.2 Å². The average molecular weight is 416 g/mol. The number of rotatable bonds is 6. The van der Waals surface area contributed by atoms with Gasteiger partial charge < -0.3 is 9.26 Å². The summed E-state index contributed by atoms with van der Waals surface area (Å²) in [4.78, 5) is 3.95. The molecule has 2 aromatic carbocycles. The van der Waals surface area contributed by atoms with E-state index in [4.69, 9.17) is 4.52 Å². The Morgan fingerprint density at radius 1 is 0.964 bits per heavy atom. The Bertz CT molecular complexity index is 1050. The first-order valence-corrected chi connectivity index (χ1v) is 9.55.